The second-order valence-corrected chi connectivity index (χ2v) is 5.31. The number of aromatic nitrogens is 1. The molecule has 0 bridgehead atoms. The van der Waals surface area contributed by atoms with Gasteiger partial charge in [0.1, 0.15) is 0 Å². The fourth-order valence-corrected chi connectivity index (χ4v) is 2.48. The Bertz CT molecular complexity index is 455. The molecule has 2 aromatic rings. The second kappa shape index (κ2) is 5.91. The van der Waals surface area contributed by atoms with Crippen molar-refractivity contribution in [1.82, 2.24) is 10.3 Å². The Kier molecular flexibility index (Phi) is 4.25. The van der Waals surface area contributed by atoms with Crippen LogP contribution in [0.3, 0.4) is 0 Å². The normalized spacial score (nSPS) is 12.6. The number of hydrogen-bond donors (Lipinski definition) is 2. The van der Waals surface area contributed by atoms with Crippen LogP contribution in [-0.4, -0.2) is 16.6 Å². The summed E-state index contributed by atoms with van der Waals surface area (Å²) in [6, 6.07) is 7.90. The predicted molar refractivity (Wildman–Crippen MR) is 70.0 cm³/mol. The lowest BCUT2D eigenvalue weighted by Gasteiger charge is -2.11. The van der Waals surface area contributed by atoms with E-state index in [0.29, 0.717) is 6.54 Å². The Morgan fingerprint density at radius 3 is 2.71 bits per heavy atom. The van der Waals surface area contributed by atoms with E-state index in [1.807, 2.05) is 12.1 Å². The molecule has 2 N–H and O–H groups in total. The molecule has 0 aliphatic carbocycles. The summed E-state index contributed by atoms with van der Waals surface area (Å²) in [6.45, 7) is 3.46. The zero-order valence-corrected chi connectivity index (χ0v) is 10.6. The fourth-order valence-electron chi connectivity index (χ4n) is 1.62. The summed E-state index contributed by atoms with van der Waals surface area (Å²) in [5.74, 6) is 0. The average molecular weight is 248 g/mol. The van der Waals surface area contributed by atoms with Gasteiger partial charge in [0.25, 0.3) is 0 Å². The third-order valence-electron chi connectivity index (χ3n) is 2.52. The molecule has 2 heterocycles. The standard InChI is InChI=1S/C13H16N2OS/c1-10-2-3-12(17-10)8-15-9-13(16)11-4-6-14-7-5-11/h2-7,13,15-16H,8-9H2,1H3. The van der Waals surface area contributed by atoms with E-state index in [1.165, 1.54) is 9.75 Å². The highest BCUT2D eigenvalue weighted by Crippen LogP contribution is 2.15. The molecule has 0 aliphatic heterocycles. The van der Waals surface area contributed by atoms with Crippen LogP contribution in [0.5, 0.6) is 0 Å². The topological polar surface area (TPSA) is 45.1 Å². The molecule has 17 heavy (non-hydrogen) atoms. The van der Waals surface area contributed by atoms with Crippen molar-refractivity contribution in [3.8, 4) is 0 Å². The lowest BCUT2D eigenvalue weighted by atomic mass is 10.1. The number of hydrogen-bond acceptors (Lipinski definition) is 4. The lowest BCUT2D eigenvalue weighted by molar-refractivity contribution is 0.174. The number of nitrogens with zero attached hydrogens (tertiary/aromatic N) is 1. The molecular weight excluding hydrogens is 232 g/mol. The van der Waals surface area contributed by atoms with Gasteiger partial charge in [0, 0.05) is 35.2 Å². The third-order valence-corrected chi connectivity index (χ3v) is 3.52. The van der Waals surface area contributed by atoms with Crippen LogP contribution in [0.4, 0.5) is 0 Å². The molecule has 0 spiro atoms. The first-order chi connectivity index (χ1) is 8.25. The molecule has 0 saturated carbocycles. The molecular formula is C13H16N2OS. The van der Waals surface area contributed by atoms with Crippen LogP contribution in [0.1, 0.15) is 21.4 Å². The molecule has 0 amide bonds. The molecule has 0 aromatic carbocycles. The molecule has 0 fully saturated rings. The van der Waals surface area contributed by atoms with Gasteiger partial charge in [-0.3, -0.25) is 4.98 Å². The van der Waals surface area contributed by atoms with Gasteiger partial charge in [0.05, 0.1) is 6.10 Å². The largest absolute Gasteiger partial charge is 0.387 e. The zero-order chi connectivity index (χ0) is 12.1. The average Bonchev–Trinajstić information content (AvgIpc) is 2.76. The van der Waals surface area contributed by atoms with Crippen LogP contribution < -0.4 is 5.32 Å². The van der Waals surface area contributed by atoms with Gasteiger partial charge >= 0.3 is 0 Å². The molecule has 3 nitrogen and oxygen atoms in total. The summed E-state index contributed by atoms with van der Waals surface area (Å²) < 4.78 is 0. The van der Waals surface area contributed by atoms with Crippen molar-refractivity contribution < 1.29 is 5.11 Å². The Hall–Kier alpha value is -1.23. The third kappa shape index (κ3) is 3.63. The summed E-state index contributed by atoms with van der Waals surface area (Å²) in [4.78, 5) is 6.54. The highest BCUT2D eigenvalue weighted by molar-refractivity contribution is 7.11. The number of rotatable bonds is 5. The predicted octanol–water partition coefficient (Wildman–Crippen LogP) is 2.27. The molecule has 2 rings (SSSR count). The van der Waals surface area contributed by atoms with Crippen LogP contribution in [0.2, 0.25) is 0 Å². The summed E-state index contributed by atoms with van der Waals surface area (Å²) in [7, 11) is 0. The number of pyridine rings is 1. The molecule has 2 aromatic heterocycles. The van der Waals surface area contributed by atoms with Crippen molar-refractivity contribution in [3.63, 3.8) is 0 Å². The maximum atomic E-state index is 9.92. The van der Waals surface area contributed by atoms with E-state index >= 15 is 0 Å². The lowest BCUT2D eigenvalue weighted by Crippen LogP contribution is -2.20. The van der Waals surface area contributed by atoms with E-state index < -0.39 is 6.10 Å². The minimum absolute atomic E-state index is 0.473. The SMILES string of the molecule is Cc1ccc(CNCC(O)c2ccncc2)s1. The number of thiophene rings is 1. The van der Waals surface area contributed by atoms with Gasteiger partial charge in [-0.25, -0.2) is 0 Å². The number of aliphatic hydroxyl groups excluding tert-OH is 1. The highest BCUT2D eigenvalue weighted by atomic mass is 32.1. The minimum Gasteiger partial charge on any atom is -0.387 e. The van der Waals surface area contributed by atoms with E-state index in [2.05, 4.69) is 29.4 Å². The first-order valence-corrected chi connectivity index (χ1v) is 6.41. The first-order valence-electron chi connectivity index (χ1n) is 5.60. The second-order valence-electron chi connectivity index (χ2n) is 3.94. The molecule has 4 heteroatoms. The van der Waals surface area contributed by atoms with Crippen LogP contribution in [0, 0.1) is 6.92 Å². The number of aryl methyl sites for hydroxylation is 1. The van der Waals surface area contributed by atoms with Crippen LogP contribution in [-0.2, 0) is 6.54 Å². The van der Waals surface area contributed by atoms with Gasteiger partial charge in [-0.1, -0.05) is 0 Å². The van der Waals surface area contributed by atoms with Crippen LogP contribution in [0.15, 0.2) is 36.7 Å². The molecule has 0 aliphatic rings. The minimum atomic E-state index is -0.473. The van der Waals surface area contributed by atoms with Gasteiger partial charge < -0.3 is 10.4 Å². The van der Waals surface area contributed by atoms with Gasteiger partial charge in [-0.15, -0.1) is 11.3 Å². The maximum Gasteiger partial charge on any atom is 0.0915 e. The highest BCUT2D eigenvalue weighted by Gasteiger charge is 2.06. The van der Waals surface area contributed by atoms with Crippen molar-refractivity contribution in [2.24, 2.45) is 0 Å². The van der Waals surface area contributed by atoms with Crippen molar-refractivity contribution in [2.45, 2.75) is 19.6 Å². The van der Waals surface area contributed by atoms with E-state index in [-0.39, 0.29) is 0 Å². The summed E-state index contributed by atoms with van der Waals surface area (Å²) in [5, 5.41) is 13.2. The van der Waals surface area contributed by atoms with E-state index in [9.17, 15) is 5.11 Å². The molecule has 1 unspecified atom stereocenters. The van der Waals surface area contributed by atoms with Gasteiger partial charge in [0.2, 0.25) is 0 Å². The van der Waals surface area contributed by atoms with E-state index in [1.54, 1.807) is 23.7 Å². The summed E-state index contributed by atoms with van der Waals surface area (Å²) >= 11 is 1.78. The van der Waals surface area contributed by atoms with Crippen molar-refractivity contribution >= 4 is 11.3 Å². The fraction of sp³-hybridized carbons (Fsp3) is 0.308. The molecule has 0 radical (unpaired) electrons. The van der Waals surface area contributed by atoms with Crippen LogP contribution in [0.25, 0.3) is 0 Å². The number of aliphatic hydroxyl groups is 1. The van der Waals surface area contributed by atoms with Crippen LogP contribution >= 0.6 is 11.3 Å². The molecule has 90 valence electrons. The molecule has 0 saturated heterocycles. The first kappa shape index (κ1) is 12.2. The Balaban J connectivity index is 1.79. The van der Waals surface area contributed by atoms with Crippen molar-refractivity contribution in [2.75, 3.05) is 6.54 Å². The zero-order valence-electron chi connectivity index (χ0n) is 9.76. The van der Waals surface area contributed by atoms with Gasteiger partial charge in [0.15, 0.2) is 0 Å². The molecule has 1 atom stereocenters. The summed E-state index contributed by atoms with van der Waals surface area (Å²) in [5.41, 5.74) is 0.898. The van der Waals surface area contributed by atoms with Crippen molar-refractivity contribution in [3.05, 3.63) is 52.0 Å². The van der Waals surface area contributed by atoms with Gasteiger partial charge in [-0.2, -0.15) is 0 Å². The Labute approximate surface area is 105 Å². The Morgan fingerprint density at radius 2 is 2.06 bits per heavy atom. The smallest absolute Gasteiger partial charge is 0.0915 e. The number of nitrogens with one attached hydrogen (secondary N) is 1. The van der Waals surface area contributed by atoms with E-state index in [0.717, 1.165) is 12.1 Å². The van der Waals surface area contributed by atoms with Gasteiger partial charge in [-0.05, 0) is 36.8 Å². The monoisotopic (exact) mass is 248 g/mol. The summed E-state index contributed by atoms with van der Waals surface area (Å²) in [6.07, 6.45) is 2.92. The van der Waals surface area contributed by atoms with Crippen molar-refractivity contribution in [1.29, 1.82) is 0 Å². The quantitative estimate of drug-likeness (QED) is 0.853. The maximum absolute atomic E-state index is 9.92. The van der Waals surface area contributed by atoms with E-state index in [4.69, 9.17) is 0 Å². The Morgan fingerprint density at radius 1 is 1.29 bits per heavy atom.